The molecule has 0 radical (unpaired) electrons. The van der Waals surface area contributed by atoms with Crippen molar-refractivity contribution in [1.29, 1.82) is 0 Å². The largest absolute Gasteiger partial charge is 0.448 e. The third kappa shape index (κ3) is 4.19. The van der Waals surface area contributed by atoms with Crippen LogP contribution < -0.4 is 5.32 Å². The molecule has 0 saturated carbocycles. The van der Waals surface area contributed by atoms with Crippen molar-refractivity contribution < 1.29 is 18.7 Å². The maximum Gasteiger partial charge on any atom is 0.349 e. The van der Waals surface area contributed by atoms with Gasteiger partial charge in [0.15, 0.2) is 6.10 Å². The topological polar surface area (TPSA) is 55.4 Å². The molecule has 1 aromatic carbocycles. The standard InChI is InChI=1S/C18H17ClFNO3S/c1-10(17(22)21-12-6-7-14(20)13(19)9-12)24-18(23)16-8-11-4-2-3-5-15(11)25-16/h6-10H,2-5H2,1H3,(H,21,22). The number of nitrogens with one attached hydrogen (secondary N) is 1. The second-order valence-corrected chi connectivity index (χ2v) is 7.48. The summed E-state index contributed by atoms with van der Waals surface area (Å²) in [4.78, 5) is 26.2. The average Bonchev–Trinajstić information content (AvgIpc) is 3.02. The monoisotopic (exact) mass is 381 g/mol. The van der Waals surface area contributed by atoms with Crippen LogP contribution in [0.4, 0.5) is 10.1 Å². The van der Waals surface area contributed by atoms with Gasteiger partial charge in [-0.15, -0.1) is 11.3 Å². The second kappa shape index (κ2) is 7.54. The zero-order chi connectivity index (χ0) is 18.0. The number of hydrogen-bond acceptors (Lipinski definition) is 4. The van der Waals surface area contributed by atoms with Crippen LogP contribution >= 0.6 is 22.9 Å². The molecule has 1 unspecified atom stereocenters. The van der Waals surface area contributed by atoms with Crippen molar-refractivity contribution in [3.63, 3.8) is 0 Å². The molecule has 1 atom stereocenters. The Morgan fingerprint density at radius 1 is 1.28 bits per heavy atom. The van der Waals surface area contributed by atoms with E-state index in [4.69, 9.17) is 16.3 Å². The van der Waals surface area contributed by atoms with Crippen molar-refractivity contribution in [3.05, 3.63) is 50.4 Å². The number of carbonyl (C=O) groups is 2. The van der Waals surface area contributed by atoms with Crippen LogP contribution in [0.15, 0.2) is 24.3 Å². The van der Waals surface area contributed by atoms with Gasteiger partial charge in [-0.2, -0.15) is 0 Å². The maximum atomic E-state index is 13.1. The number of halogens is 2. The zero-order valence-corrected chi connectivity index (χ0v) is 15.2. The van der Waals surface area contributed by atoms with E-state index in [1.807, 2.05) is 6.07 Å². The van der Waals surface area contributed by atoms with Crippen LogP contribution in [0.5, 0.6) is 0 Å². The first kappa shape index (κ1) is 17.9. The van der Waals surface area contributed by atoms with E-state index in [0.29, 0.717) is 10.6 Å². The summed E-state index contributed by atoms with van der Waals surface area (Å²) in [6, 6.07) is 5.72. The molecule has 0 bridgehead atoms. The number of hydrogen-bond donors (Lipinski definition) is 1. The molecule has 0 saturated heterocycles. The lowest BCUT2D eigenvalue weighted by Crippen LogP contribution is -2.29. The summed E-state index contributed by atoms with van der Waals surface area (Å²) in [5, 5.41) is 2.46. The van der Waals surface area contributed by atoms with Gasteiger partial charge in [-0.25, -0.2) is 9.18 Å². The van der Waals surface area contributed by atoms with Gasteiger partial charge in [0.25, 0.3) is 5.91 Å². The Morgan fingerprint density at radius 2 is 2.04 bits per heavy atom. The van der Waals surface area contributed by atoms with Gasteiger partial charge >= 0.3 is 5.97 Å². The molecule has 1 aliphatic rings. The fourth-order valence-electron chi connectivity index (χ4n) is 2.68. The van der Waals surface area contributed by atoms with Crippen molar-refractivity contribution in [1.82, 2.24) is 0 Å². The number of ether oxygens (including phenoxy) is 1. The van der Waals surface area contributed by atoms with E-state index in [9.17, 15) is 14.0 Å². The molecule has 0 aliphatic heterocycles. The number of anilines is 1. The van der Waals surface area contributed by atoms with Gasteiger partial charge in [0.2, 0.25) is 0 Å². The zero-order valence-electron chi connectivity index (χ0n) is 13.6. The number of benzene rings is 1. The van der Waals surface area contributed by atoms with Gasteiger partial charge in [-0.1, -0.05) is 11.6 Å². The molecule has 1 amide bonds. The molecule has 1 heterocycles. The Bertz CT molecular complexity index is 797. The quantitative estimate of drug-likeness (QED) is 0.787. The molecule has 0 fully saturated rings. The third-order valence-corrected chi connectivity index (χ3v) is 5.54. The van der Waals surface area contributed by atoms with Gasteiger partial charge in [-0.3, -0.25) is 4.79 Å². The maximum absolute atomic E-state index is 13.1. The molecule has 1 N–H and O–H groups in total. The summed E-state index contributed by atoms with van der Waals surface area (Å²) in [5.41, 5.74) is 1.55. The first-order valence-electron chi connectivity index (χ1n) is 8.02. The Hall–Kier alpha value is -1.92. The number of aryl methyl sites for hydroxylation is 2. The number of thiophene rings is 1. The van der Waals surface area contributed by atoms with Gasteiger partial charge in [0.05, 0.1) is 5.02 Å². The Balaban J connectivity index is 1.61. The average molecular weight is 382 g/mol. The van der Waals surface area contributed by atoms with Crippen molar-refractivity contribution in [2.24, 2.45) is 0 Å². The fourth-order valence-corrected chi connectivity index (χ4v) is 4.00. The number of carbonyl (C=O) groups excluding carboxylic acids is 2. The fraction of sp³-hybridized carbons (Fsp3) is 0.333. The molecular formula is C18H17ClFNO3S. The lowest BCUT2D eigenvalue weighted by molar-refractivity contribution is -0.123. The van der Waals surface area contributed by atoms with Crippen molar-refractivity contribution in [2.45, 2.75) is 38.7 Å². The highest BCUT2D eigenvalue weighted by atomic mass is 35.5. The Labute approximate surface area is 153 Å². The summed E-state index contributed by atoms with van der Waals surface area (Å²) in [5.74, 6) is -1.57. The van der Waals surface area contributed by atoms with Crippen LogP contribution in [0.1, 0.15) is 39.9 Å². The van der Waals surface area contributed by atoms with Crippen LogP contribution in [-0.2, 0) is 22.4 Å². The number of amides is 1. The number of rotatable bonds is 4. The molecule has 7 heteroatoms. The summed E-state index contributed by atoms with van der Waals surface area (Å²) in [6.07, 6.45) is 3.28. The van der Waals surface area contributed by atoms with Crippen LogP contribution in [0.3, 0.4) is 0 Å². The first-order valence-corrected chi connectivity index (χ1v) is 9.22. The predicted octanol–water partition coefficient (Wildman–Crippen LogP) is 4.60. The highest BCUT2D eigenvalue weighted by Gasteiger charge is 2.23. The van der Waals surface area contributed by atoms with Crippen molar-refractivity contribution in [2.75, 3.05) is 5.32 Å². The number of fused-ring (bicyclic) bond motifs is 1. The smallest absolute Gasteiger partial charge is 0.349 e. The Morgan fingerprint density at radius 3 is 2.76 bits per heavy atom. The van der Waals surface area contributed by atoms with Crippen LogP contribution in [-0.4, -0.2) is 18.0 Å². The molecule has 3 rings (SSSR count). The summed E-state index contributed by atoms with van der Waals surface area (Å²) in [6.45, 7) is 1.49. The van der Waals surface area contributed by atoms with Gasteiger partial charge in [0.1, 0.15) is 10.7 Å². The third-order valence-electron chi connectivity index (χ3n) is 4.04. The lowest BCUT2D eigenvalue weighted by Gasteiger charge is -2.13. The lowest BCUT2D eigenvalue weighted by atomic mass is 9.99. The van der Waals surface area contributed by atoms with Gasteiger partial charge < -0.3 is 10.1 Å². The number of esters is 1. The van der Waals surface area contributed by atoms with E-state index in [-0.39, 0.29) is 5.02 Å². The van der Waals surface area contributed by atoms with Crippen LogP contribution in [0.2, 0.25) is 5.02 Å². The Kier molecular flexibility index (Phi) is 5.39. The SMILES string of the molecule is CC(OC(=O)c1cc2c(s1)CCCC2)C(=O)Nc1ccc(F)c(Cl)c1. The van der Waals surface area contributed by atoms with Crippen LogP contribution in [0, 0.1) is 5.82 Å². The second-order valence-electron chi connectivity index (χ2n) is 5.93. The normalized spacial score (nSPS) is 14.5. The molecule has 1 aliphatic carbocycles. The molecule has 1 aromatic heterocycles. The van der Waals surface area contributed by atoms with Crippen molar-refractivity contribution >= 4 is 40.5 Å². The molecule has 132 valence electrons. The predicted molar refractivity (Wildman–Crippen MR) is 95.9 cm³/mol. The van der Waals surface area contributed by atoms with E-state index < -0.39 is 23.8 Å². The summed E-state index contributed by atoms with van der Waals surface area (Å²) in [7, 11) is 0. The highest BCUT2D eigenvalue weighted by molar-refractivity contribution is 7.14. The van der Waals surface area contributed by atoms with E-state index in [1.165, 1.54) is 40.8 Å². The molecular weight excluding hydrogens is 365 g/mol. The molecule has 2 aromatic rings. The summed E-state index contributed by atoms with van der Waals surface area (Å²) < 4.78 is 18.4. The van der Waals surface area contributed by atoms with E-state index in [1.54, 1.807) is 0 Å². The molecule has 25 heavy (non-hydrogen) atoms. The van der Waals surface area contributed by atoms with Crippen molar-refractivity contribution in [3.8, 4) is 0 Å². The van der Waals surface area contributed by atoms with E-state index in [0.717, 1.165) is 31.7 Å². The minimum Gasteiger partial charge on any atom is -0.448 e. The van der Waals surface area contributed by atoms with E-state index >= 15 is 0 Å². The molecule has 0 spiro atoms. The van der Waals surface area contributed by atoms with Gasteiger partial charge in [-0.05, 0) is 62.4 Å². The van der Waals surface area contributed by atoms with Gasteiger partial charge in [0, 0.05) is 10.6 Å². The minimum absolute atomic E-state index is 0.0911. The summed E-state index contributed by atoms with van der Waals surface area (Å²) >= 11 is 7.12. The highest BCUT2D eigenvalue weighted by Crippen LogP contribution is 2.30. The minimum atomic E-state index is -0.976. The van der Waals surface area contributed by atoms with E-state index in [2.05, 4.69) is 5.32 Å². The van der Waals surface area contributed by atoms with Crippen LogP contribution in [0.25, 0.3) is 0 Å². The molecule has 4 nitrogen and oxygen atoms in total. The first-order chi connectivity index (χ1) is 11.9.